The Morgan fingerprint density at radius 2 is 1.72 bits per heavy atom. The molecule has 0 aromatic heterocycles. The van der Waals surface area contributed by atoms with E-state index in [1.54, 1.807) is 30.3 Å². The molecule has 1 aliphatic heterocycles. The number of carbonyl (C=O) groups is 2. The molecule has 0 radical (unpaired) electrons. The molecule has 3 rings (SSSR count). The Morgan fingerprint density at radius 1 is 1.04 bits per heavy atom. The minimum absolute atomic E-state index is 0.210. The predicted octanol–water partition coefficient (Wildman–Crippen LogP) is 2.64. The molecule has 7 nitrogen and oxygen atoms in total. The molecular formula is C18H17NO6. The number of amides is 1. The number of nitrogens with one attached hydrogen (secondary N) is 1. The van der Waals surface area contributed by atoms with E-state index in [-0.39, 0.29) is 18.5 Å². The topological polar surface area (TPSA) is 83.1 Å². The smallest absolute Gasteiger partial charge is 0.338 e. The quantitative estimate of drug-likeness (QED) is 0.841. The molecule has 0 saturated carbocycles. The van der Waals surface area contributed by atoms with Gasteiger partial charge in [0.15, 0.2) is 11.5 Å². The van der Waals surface area contributed by atoms with Gasteiger partial charge < -0.3 is 24.3 Å². The molecular weight excluding hydrogens is 326 g/mol. The number of anilines is 1. The number of fused-ring (bicyclic) bond motifs is 1. The first-order chi connectivity index (χ1) is 12.1. The minimum atomic E-state index is -0.350. The standard InChI is InChI=1S/C18H17NO6/c1-22-14-7-10(8-15(23-2)16(14)24-3)17(20)19-12-4-5-13-11(6-12)9-25-18(13)21/h4-8H,9H2,1-3H3,(H,19,20). The van der Waals surface area contributed by atoms with Crippen molar-refractivity contribution in [3.05, 3.63) is 47.0 Å². The van der Waals surface area contributed by atoms with Crippen LogP contribution in [0, 0.1) is 0 Å². The van der Waals surface area contributed by atoms with E-state index >= 15 is 0 Å². The Kier molecular flexibility index (Phi) is 4.47. The van der Waals surface area contributed by atoms with E-state index in [2.05, 4.69) is 5.32 Å². The summed E-state index contributed by atoms with van der Waals surface area (Å²) in [6, 6.07) is 8.14. The molecule has 0 saturated heterocycles. The zero-order valence-corrected chi connectivity index (χ0v) is 14.0. The Morgan fingerprint density at radius 3 is 2.32 bits per heavy atom. The highest BCUT2D eigenvalue weighted by Gasteiger charge is 2.22. The van der Waals surface area contributed by atoms with Crippen molar-refractivity contribution in [3.63, 3.8) is 0 Å². The van der Waals surface area contributed by atoms with Gasteiger partial charge in [0.1, 0.15) is 6.61 Å². The van der Waals surface area contributed by atoms with Crippen LogP contribution in [0.3, 0.4) is 0 Å². The third-order valence-corrected chi connectivity index (χ3v) is 3.87. The van der Waals surface area contributed by atoms with Gasteiger partial charge in [0.05, 0.1) is 26.9 Å². The maximum Gasteiger partial charge on any atom is 0.338 e. The average molecular weight is 343 g/mol. The molecule has 0 atom stereocenters. The van der Waals surface area contributed by atoms with Gasteiger partial charge >= 0.3 is 5.97 Å². The maximum absolute atomic E-state index is 12.6. The number of hydrogen-bond donors (Lipinski definition) is 1. The van der Waals surface area contributed by atoms with Gasteiger partial charge in [-0.15, -0.1) is 0 Å². The summed E-state index contributed by atoms with van der Waals surface area (Å²) in [5.74, 6) is 0.497. The molecule has 1 heterocycles. The Hall–Kier alpha value is -3.22. The van der Waals surface area contributed by atoms with Gasteiger partial charge in [0.25, 0.3) is 5.91 Å². The van der Waals surface area contributed by atoms with Crippen molar-refractivity contribution in [2.45, 2.75) is 6.61 Å². The van der Waals surface area contributed by atoms with Crippen LogP contribution in [0.1, 0.15) is 26.3 Å². The van der Waals surface area contributed by atoms with Crippen LogP contribution in [0.4, 0.5) is 5.69 Å². The molecule has 0 fully saturated rings. The third kappa shape index (κ3) is 3.08. The van der Waals surface area contributed by atoms with Gasteiger partial charge in [-0.25, -0.2) is 4.79 Å². The van der Waals surface area contributed by atoms with E-state index in [0.29, 0.717) is 34.1 Å². The number of methoxy groups -OCH3 is 3. The Labute approximate surface area is 144 Å². The molecule has 0 spiro atoms. The van der Waals surface area contributed by atoms with Gasteiger partial charge in [0, 0.05) is 16.8 Å². The number of rotatable bonds is 5. The van der Waals surface area contributed by atoms with Gasteiger partial charge in [-0.05, 0) is 30.3 Å². The van der Waals surface area contributed by atoms with Crippen molar-refractivity contribution in [1.82, 2.24) is 0 Å². The van der Waals surface area contributed by atoms with Crippen LogP contribution in [0.15, 0.2) is 30.3 Å². The lowest BCUT2D eigenvalue weighted by molar-refractivity contribution is 0.0535. The fraction of sp³-hybridized carbons (Fsp3) is 0.222. The van der Waals surface area contributed by atoms with Crippen molar-refractivity contribution >= 4 is 17.6 Å². The SMILES string of the molecule is COc1cc(C(=O)Nc2ccc3c(c2)COC3=O)cc(OC)c1OC. The molecule has 0 aliphatic carbocycles. The van der Waals surface area contributed by atoms with Gasteiger partial charge in [-0.1, -0.05) is 0 Å². The fourth-order valence-electron chi connectivity index (χ4n) is 2.63. The van der Waals surface area contributed by atoms with Crippen LogP contribution in [0.5, 0.6) is 17.2 Å². The van der Waals surface area contributed by atoms with E-state index in [9.17, 15) is 9.59 Å². The summed E-state index contributed by atoms with van der Waals surface area (Å²) in [6.45, 7) is 0.210. The summed E-state index contributed by atoms with van der Waals surface area (Å²) in [4.78, 5) is 24.0. The first-order valence-corrected chi connectivity index (χ1v) is 7.48. The second kappa shape index (κ2) is 6.72. The van der Waals surface area contributed by atoms with Crippen LogP contribution in [-0.2, 0) is 11.3 Å². The maximum atomic E-state index is 12.6. The van der Waals surface area contributed by atoms with Gasteiger partial charge in [-0.3, -0.25) is 4.79 Å². The first-order valence-electron chi connectivity index (χ1n) is 7.48. The van der Waals surface area contributed by atoms with E-state index in [1.807, 2.05) is 0 Å². The lowest BCUT2D eigenvalue weighted by Crippen LogP contribution is -2.13. The van der Waals surface area contributed by atoms with Crippen LogP contribution < -0.4 is 19.5 Å². The lowest BCUT2D eigenvalue weighted by atomic mass is 10.1. The van der Waals surface area contributed by atoms with Crippen LogP contribution in [0.2, 0.25) is 0 Å². The summed E-state index contributed by atoms with van der Waals surface area (Å²) in [5, 5.41) is 2.79. The second-order valence-electron chi connectivity index (χ2n) is 5.32. The molecule has 130 valence electrons. The first kappa shape index (κ1) is 16.6. The molecule has 7 heteroatoms. The van der Waals surface area contributed by atoms with Crippen LogP contribution in [0.25, 0.3) is 0 Å². The summed E-state index contributed by atoms with van der Waals surface area (Å²) in [7, 11) is 4.46. The molecule has 0 unspecified atom stereocenters. The molecule has 1 N–H and O–H groups in total. The van der Waals surface area contributed by atoms with E-state index in [0.717, 1.165) is 5.56 Å². The highest BCUT2D eigenvalue weighted by atomic mass is 16.5. The molecule has 0 bridgehead atoms. The van der Waals surface area contributed by atoms with Crippen molar-refractivity contribution in [2.24, 2.45) is 0 Å². The second-order valence-corrected chi connectivity index (χ2v) is 5.32. The highest BCUT2D eigenvalue weighted by molar-refractivity contribution is 6.05. The molecule has 2 aromatic carbocycles. The Bertz CT molecular complexity index is 820. The van der Waals surface area contributed by atoms with E-state index in [1.165, 1.54) is 21.3 Å². The van der Waals surface area contributed by atoms with Crippen molar-refractivity contribution in [3.8, 4) is 17.2 Å². The lowest BCUT2D eigenvalue weighted by Gasteiger charge is -2.14. The normalized spacial score (nSPS) is 12.2. The average Bonchev–Trinajstić information content (AvgIpc) is 3.00. The van der Waals surface area contributed by atoms with Gasteiger partial charge in [0.2, 0.25) is 5.75 Å². The van der Waals surface area contributed by atoms with Crippen molar-refractivity contribution in [2.75, 3.05) is 26.6 Å². The third-order valence-electron chi connectivity index (χ3n) is 3.87. The molecule has 25 heavy (non-hydrogen) atoms. The Balaban J connectivity index is 1.87. The van der Waals surface area contributed by atoms with Crippen molar-refractivity contribution in [1.29, 1.82) is 0 Å². The fourth-order valence-corrected chi connectivity index (χ4v) is 2.63. The monoisotopic (exact) mass is 343 g/mol. The minimum Gasteiger partial charge on any atom is -0.493 e. The van der Waals surface area contributed by atoms with E-state index in [4.69, 9.17) is 18.9 Å². The zero-order chi connectivity index (χ0) is 18.0. The zero-order valence-electron chi connectivity index (χ0n) is 14.0. The largest absolute Gasteiger partial charge is 0.493 e. The summed E-state index contributed by atoms with van der Waals surface area (Å²) in [5.41, 5.74) is 2.18. The number of hydrogen-bond acceptors (Lipinski definition) is 6. The number of ether oxygens (including phenoxy) is 4. The number of esters is 1. The number of carbonyl (C=O) groups excluding carboxylic acids is 2. The molecule has 1 amide bonds. The van der Waals surface area contributed by atoms with E-state index < -0.39 is 0 Å². The highest BCUT2D eigenvalue weighted by Crippen LogP contribution is 2.38. The predicted molar refractivity (Wildman–Crippen MR) is 89.6 cm³/mol. The van der Waals surface area contributed by atoms with Gasteiger partial charge in [-0.2, -0.15) is 0 Å². The number of cyclic esters (lactones) is 1. The van der Waals surface area contributed by atoms with Crippen LogP contribution >= 0.6 is 0 Å². The van der Waals surface area contributed by atoms with Crippen molar-refractivity contribution < 1.29 is 28.5 Å². The summed E-state index contributed by atoms with van der Waals surface area (Å²) in [6.07, 6.45) is 0. The number of benzene rings is 2. The summed E-state index contributed by atoms with van der Waals surface area (Å²) < 4.78 is 20.7. The summed E-state index contributed by atoms with van der Waals surface area (Å²) >= 11 is 0. The molecule has 1 aliphatic rings. The molecule has 2 aromatic rings. The van der Waals surface area contributed by atoms with Crippen LogP contribution in [-0.4, -0.2) is 33.2 Å².